The number of rotatable bonds is 8. The Balaban J connectivity index is 0.00000337. The number of pyridine rings is 1. The van der Waals surface area contributed by atoms with Crippen molar-refractivity contribution in [1.29, 1.82) is 0 Å². The Labute approximate surface area is 276 Å². The second-order valence-corrected chi connectivity index (χ2v) is 9.23. The van der Waals surface area contributed by atoms with Gasteiger partial charge in [0, 0.05) is 17.8 Å². The Bertz CT molecular complexity index is 1600. The Morgan fingerprint density at radius 2 is 1.93 bits per heavy atom. The molecule has 0 aliphatic carbocycles. The number of benzene rings is 1. The number of phenolic OH excluding ortho intramolecular Hbond substituents is 2. The Morgan fingerprint density at radius 3 is 2.55 bits per heavy atom. The van der Waals surface area contributed by atoms with Crippen LogP contribution in [-0.4, -0.2) is 50.4 Å². The third kappa shape index (κ3) is 7.73. The maximum absolute atomic E-state index is 14.6. The van der Waals surface area contributed by atoms with Crippen LogP contribution in [0.5, 0.6) is 23.0 Å². The van der Waals surface area contributed by atoms with Crippen molar-refractivity contribution < 1.29 is 112 Å². The summed E-state index contributed by atoms with van der Waals surface area (Å²) in [5.74, 6) is -5.77. The zero-order valence-corrected chi connectivity index (χ0v) is 26.3. The normalized spacial score (nSPS) is 15.5. The molecular formula is C21H20FN6Na2O9P. The summed E-state index contributed by atoms with van der Waals surface area (Å²) >= 11 is 0. The fourth-order valence-electron chi connectivity index (χ4n) is 3.23. The van der Waals surface area contributed by atoms with Gasteiger partial charge < -0.3 is 49.2 Å². The number of phenols is 2. The number of nitrogens with one attached hydrogen (secondary N) is 2. The quantitative estimate of drug-likeness (QED) is 0.141. The number of carbonyl (C=O) groups is 1. The van der Waals surface area contributed by atoms with Gasteiger partial charge in [0.1, 0.15) is 12.5 Å². The average molecular weight is 600 g/mol. The van der Waals surface area contributed by atoms with Crippen LogP contribution in [0.25, 0.3) is 0 Å². The molecule has 0 saturated heterocycles. The Hall–Kier alpha value is -2.24. The van der Waals surface area contributed by atoms with E-state index in [9.17, 15) is 33.7 Å². The van der Waals surface area contributed by atoms with Gasteiger partial charge in [-0.05, 0) is 26.0 Å². The van der Waals surface area contributed by atoms with Crippen LogP contribution in [0.1, 0.15) is 19.3 Å². The first kappa shape index (κ1) is 27.9. The molecule has 3 aromatic rings. The SMILES string of the molecule is [2H]c1cc(Nc2nc(Nc3cc(O)c(OC([2H])([2H])[2H])c(O)c3)ncc2F)nc2c1OC(C)(C)C(=O)N2COP(=O)([O-])[O-].[Na+].[Na+]. The maximum Gasteiger partial charge on any atom is 1.00 e. The molecule has 40 heavy (non-hydrogen) atoms. The summed E-state index contributed by atoms with van der Waals surface area (Å²) in [5.41, 5.74) is -1.64. The molecule has 0 fully saturated rings. The van der Waals surface area contributed by atoms with Gasteiger partial charge in [0.25, 0.3) is 5.91 Å². The van der Waals surface area contributed by atoms with E-state index in [0.29, 0.717) is 4.90 Å². The number of aromatic nitrogens is 3. The minimum absolute atomic E-state index is 0. The molecule has 0 spiro atoms. The number of fused-ring (bicyclic) bond motifs is 1. The van der Waals surface area contributed by atoms with Gasteiger partial charge in [0.2, 0.25) is 11.7 Å². The summed E-state index contributed by atoms with van der Waals surface area (Å²) in [7, 11) is -8.47. The predicted octanol–water partition coefficient (Wildman–Crippen LogP) is -4.77. The molecule has 2 aromatic heterocycles. The first-order valence-corrected chi connectivity index (χ1v) is 11.8. The summed E-state index contributed by atoms with van der Waals surface area (Å²) in [6.07, 6.45) is 0.735. The van der Waals surface area contributed by atoms with Gasteiger partial charge >= 0.3 is 59.1 Å². The number of hydrogen-bond acceptors (Lipinski definition) is 14. The van der Waals surface area contributed by atoms with Crippen LogP contribution in [0.2, 0.25) is 0 Å². The Morgan fingerprint density at radius 1 is 1.25 bits per heavy atom. The van der Waals surface area contributed by atoms with E-state index >= 15 is 0 Å². The Kier molecular flexibility index (Phi) is 9.18. The third-order valence-corrected chi connectivity index (χ3v) is 5.32. The van der Waals surface area contributed by atoms with Crippen molar-refractivity contribution in [3.8, 4) is 23.0 Å². The zero-order chi connectivity index (χ0) is 31.2. The fourth-order valence-corrected chi connectivity index (χ4v) is 3.48. The molecule has 4 rings (SSSR count). The molecule has 1 amide bonds. The number of aromatic hydroxyl groups is 2. The number of hydrogen-bond donors (Lipinski definition) is 4. The van der Waals surface area contributed by atoms with E-state index in [1.165, 1.54) is 13.8 Å². The van der Waals surface area contributed by atoms with E-state index in [2.05, 4.69) is 34.8 Å². The molecule has 4 N–H and O–H groups in total. The summed E-state index contributed by atoms with van der Waals surface area (Å²) in [6, 6.07) is 2.69. The van der Waals surface area contributed by atoms with E-state index in [-0.39, 0.29) is 88.4 Å². The van der Waals surface area contributed by atoms with Crippen LogP contribution >= 0.6 is 7.82 Å². The largest absolute Gasteiger partial charge is 1.00 e. The van der Waals surface area contributed by atoms with Gasteiger partial charge in [-0.1, -0.05) is 0 Å². The van der Waals surface area contributed by atoms with E-state index in [1.54, 1.807) is 0 Å². The van der Waals surface area contributed by atoms with Gasteiger partial charge in [0.05, 0.1) is 26.5 Å². The van der Waals surface area contributed by atoms with Crippen molar-refractivity contribution in [3.05, 3.63) is 36.3 Å². The molecule has 0 saturated carbocycles. The number of phosphoric acid groups is 1. The van der Waals surface area contributed by atoms with Crippen LogP contribution in [0, 0.1) is 5.82 Å². The summed E-state index contributed by atoms with van der Waals surface area (Å²) in [4.78, 5) is 47.3. The molecular weight excluding hydrogens is 576 g/mol. The predicted molar refractivity (Wildman–Crippen MR) is 125 cm³/mol. The van der Waals surface area contributed by atoms with Crippen molar-refractivity contribution in [1.82, 2.24) is 15.0 Å². The van der Waals surface area contributed by atoms with E-state index in [4.69, 9.17) is 10.2 Å². The zero-order valence-electron chi connectivity index (χ0n) is 25.4. The number of nitrogens with zero attached hydrogens (tertiary/aromatic N) is 4. The first-order valence-electron chi connectivity index (χ1n) is 12.3. The van der Waals surface area contributed by atoms with Gasteiger partial charge in [-0.15, -0.1) is 0 Å². The monoisotopic (exact) mass is 600 g/mol. The van der Waals surface area contributed by atoms with Crippen molar-refractivity contribution >= 4 is 42.8 Å². The number of carbonyl (C=O) groups excluding carboxylic acids is 1. The molecule has 0 atom stereocenters. The molecule has 1 aliphatic rings. The number of amides is 1. The average Bonchev–Trinajstić information content (AvgIpc) is 2.83. The van der Waals surface area contributed by atoms with Crippen molar-refractivity contribution in [3.63, 3.8) is 0 Å². The standard InChI is InChI=1S/C21H22FN6O9P.2Na/c1-21(2)19(31)28(9-36-38(32,33)34)18-14(37-21)4-5-15(26-18)25-17-11(22)8-23-20(27-17)24-10-6-12(29)16(35-3)13(30)7-10;;/h4-8,29-30H,9H2,1-3H3,(H2,32,33,34)(H2,23,24,25,26,27);;/q;2*+1/p-2/i3D3,4D;;. The topological polar surface area (TPSA) is 214 Å². The minimum atomic E-state index is -5.51. The van der Waals surface area contributed by atoms with Gasteiger partial charge in [0.15, 0.2) is 40.3 Å². The van der Waals surface area contributed by atoms with Crippen molar-refractivity contribution in [2.75, 3.05) is 29.3 Å². The molecule has 0 bridgehead atoms. The van der Waals surface area contributed by atoms with Crippen LogP contribution in [0.15, 0.2) is 30.4 Å². The smallest absolute Gasteiger partial charge is 0.790 e. The second kappa shape index (κ2) is 13.2. The van der Waals surface area contributed by atoms with Crippen LogP contribution < -0.4 is 93.9 Å². The molecule has 19 heteroatoms. The third-order valence-electron chi connectivity index (χ3n) is 4.89. The van der Waals surface area contributed by atoms with Crippen LogP contribution in [0.3, 0.4) is 0 Å². The van der Waals surface area contributed by atoms with Gasteiger partial charge in [-0.25, -0.2) is 14.4 Å². The molecule has 0 radical (unpaired) electrons. The minimum Gasteiger partial charge on any atom is -0.790 e. The molecule has 202 valence electrons. The van der Waals surface area contributed by atoms with E-state index in [1.807, 2.05) is 0 Å². The van der Waals surface area contributed by atoms with Crippen molar-refractivity contribution in [2.24, 2.45) is 0 Å². The number of methoxy groups -OCH3 is 1. The molecule has 1 aromatic carbocycles. The summed E-state index contributed by atoms with van der Waals surface area (Å²) in [6.45, 7) is 1.61. The van der Waals surface area contributed by atoms with Crippen LogP contribution in [-0.2, 0) is 13.9 Å². The summed E-state index contributed by atoms with van der Waals surface area (Å²) < 4.78 is 69.6. The number of halogens is 1. The molecule has 3 heterocycles. The van der Waals surface area contributed by atoms with E-state index in [0.717, 1.165) is 24.4 Å². The summed E-state index contributed by atoms with van der Waals surface area (Å²) in [5, 5.41) is 25.2. The second-order valence-electron chi connectivity index (χ2n) is 8.08. The number of anilines is 5. The molecule has 0 unspecified atom stereocenters. The molecule has 1 aliphatic heterocycles. The van der Waals surface area contributed by atoms with Crippen LogP contribution in [0.4, 0.5) is 33.5 Å². The number of phosphoric ester groups is 1. The molecule has 15 nitrogen and oxygen atoms in total. The fraction of sp³-hybridized carbons (Fsp3) is 0.238. The van der Waals surface area contributed by atoms with Gasteiger partial charge in [-0.2, -0.15) is 4.98 Å². The van der Waals surface area contributed by atoms with Gasteiger partial charge in [-0.3, -0.25) is 9.69 Å². The maximum atomic E-state index is 14.6. The van der Waals surface area contributed by atoms with E-state index < -0.39 is 67.8 Å². The van der Waals surface area contributed by atoms with Crippen molar-refractivity contribution in [2.45, 2.75) is 19.4 Å². The number of ether oxygens (including phenoxy) is 2. The first-order chi connectivity index (χ1) is 19.3.